The fourth-order valence-electron chi connectivity index (χ4n) is 3.65. The summed E-state index contributed by atoms with van der Waals surface area (Å²) in [5.41, 5.74) is 1.41. The number of amides is 1. The molecule has 2 aliphatic heterocycles. The molecule has 3 aliphatic rings. The van der Waals surface area contributed by atoms with Gasteiger partial charge >= 0.3 is 6.09 Å². The van der Waals surface area contributed by atoms with E-state index in [9.17, 15) is 13.6 Å². The van der Waals surface area contributed by atoms with Gasteiger partial charge in [0.05, 0.1) is 23.8 Å². The van der Waals surface area contributed by atoms with Crippen molar-refractivity contribution in [1.29, 1.82) is 0 Å². The highest BCUT2D eigenvalue weighted by atomic mass is 32.1. The standard InChI is InChI=1S/C23H25F2N3O3S/c1-12(2)14-5-4-6-20-22(31-20)19(7-14)27-21-17(24)8-15(9-18(21)25)28-11-16(30-23(28)29)10-26-13(3)32/h4-9,12,16,20,22,27H,10-11H2,1-3H3,(H,26,32)/b6-4-,14-5+,19-7+/t16-,20?,22?/m0/s1. The molecule has 0 saturated carbocycles. The Morgan fingerprint density at radius 3 is 2.69 bits per heavy atom. The average molecular weight is 462 g/mol. The lowest BCUT2D eigenvalue weighted by Gasteiger charge is -2.18. The molecule has 2 saturated heterocycles. The molecule has 1 aliphatic carbocycles. The van der Waals surface area contributed by atoms with Gasteiger partial charge in [0.1, 0.15) is 24.0 Å². The maximum absolute atomic E-state index is 15.0. The molecular weight excluding hydrogens is 436 g/mol. The molecule has 1 aromatic carbocycles. The maximum Gasteiger partial charge on any atom is 0.414 e. The van der Waals surface area contributed by atoms with Crippen molar-refractivity contribution in [2.45, 2.75) is 39.1 Å². The number of benzene rings is 1. The van der Waals surface area contributed by atoms with Gasteiger partial charge in [0.25, 0.3) is 0 Å². The molecule has 0 radical (unpaired) electrons. The number of carbonyl (C=O) groups is 1. The molecule has 0 bridgehead atoms. The van der Waals surface area contributed by atoms with E-state index in [1.54, 1.807) is 6.92 Å². The zero-order chi connectivity index (χ0) is 23.0. The zero-order valence-corrected chi connectivity index (χ0v) is 18.8. The van der Waals surface area contributed by atoms with Crippen molar-refractivity contribution in [2.24, 2.45) is 5.92 Å². The second-order valence-corrected chi connectivity index (χ2v) is 8.90. The van der Waals surface area contributed by atoms with Crippen molar-refractivity contribution in [1.82, 2.24) is 5.32 Å². The van der Waals surface area contributed by atoms with E-state index in [2.05, 4.69) is 10.6 Å². The molecule has 9 heteroatoms. The van der Waals surface area contributed by atoms with E-state index in [1.807, 2.05) is 38.2 Å². The van der Waals surface area contributed by atoms with Crippen LogP contribution in [0.4, 0.5) is 25.0 Å². The monoisotopic (exact) mass is 461 g/mol. The van der Waals surface area contributed by atoms with E-state index in [0.29, 0.717) is 17.2 Å². The number of ether oxygens (including phenoxy) is 2. The summed E-state index contributed by atoms with van der Waals surface area (Å²) in [6.07, 6.45) is 6.18. The number of halogens is 2. The summed E-state index contributed by atoms with van der Waals surface area (Å²) in [5, 5.41) is 5.81. The van der Waals surface area contributed by atoms with Gasteiger partial charge in [0.2, 0.25) is 0 Å². The summed E-state index contributed by atoms with van der Waals surface area (Å²) >= 11 is 4.95. The molecule has 3 atom stereocenters. The molecule has 6 nitrogen and oxygen atoms in total. The molecule has 0 aromatic heterocycles. The Morgan fingerprint density at radius 2 is 2.03 bits per heavy atom. The van der Waals surface area contributed by atoms with Crippen molar-refractivity contribution in [3.8, 4) is 0 Å². The Kier molecular flexibility index (Phi) is 6.30. The Morgan fingerprint density at radius 1 is 1.31 bits per heavy atom. The predicted molar refractivity (Wildman–Crippen MR) is 123 cm³/mol. The van der Waals surface area contributed by atoms with Crippen LogP contribution in [0, 0.1) is 17.6 Å². The van der Waals surface area contributed by atoms with Crippen LogP contribution in [0.5, 0.6) is 0 Å². The number of fused-ring (bicyclic) bond motifs is 1. The van der Waals surface area contributed by atoms with Crippen molar-refractivity contribution < 1.29 is 23.0 Å². The summed E-state index contributed by atoms with van der Waals surface area (Å²) in [5.74, 6) is -1.39. The fourth-order valence-corrected chi connectivity index (χ4v) is 3.73. The smallest absolute Gasteiger partial charge is 0.414 e. The number of allylic oxidation sites excluding steroid dienone is 4. The predicted octanol–water partition coefficient (Wildman–Crippen LogP) is 4.44. The number of thiocarbonyl (C=S) groups is 1. The van der Waals surface area contributed by atoms with Crippen LogP contribution in [0.3, 0.4) is 0 Å². The first-order valence-electron chi connectivity index (χ1n) is 10.5. The van der Waals surface area contributed by atoms with E-state index >= 15 is 0 Å². The van der Waals surface area contributed by atoms with Crippen LogP contribution in [0.15, 0.2) is 47.7 Å². The lowest BCUT2D eigenvalue weighted by Crippen LogP contribution is -2.32. The quantitative estimate of drug-likeness (QED) is 0.482. The second-order valence-electron chi connectivity index (χ2n) is 8.29. The third kappa shape index (κ3) is 4.83. The topological polar surface area (TPSA) is 66.1 Å². The number of epoxide rings is 1. The lowest BCUT2D eigenvalue weighted by molar-refractivity contribution is 0.143. The van der Waals surface area contributed by atoms with Crippen molar-refractivity contribution in [2.75, 3.05) is 23.3 Å². The minimum atomic E-state index is -0.810. The number of cyclic esters (lactones) is 1. The summed E-state index contributed by atoms with van der Waals surface area (Å²) in [6, 6.07) is 2.25. The van der Waals surface area contributed by atoms with Crippen molar-refractivity contribution >= 4 is 34.7 Å². The first-order chi connectivity index (χ1) is 15.2. The van der Waals surface area contributed by atoms with E-state index in [-0.39, 0.29) is 36.0 Å². The molecule has 32 heavy (non-hydrogen) atoms. The van der Waals surface area contributed by atoms with Gasteiger partial charge in [-0.3, -0.25) is 4.90 Å². The van der Waals surface area contributed by atoms with Crippen LogP contribution in [0.2, 0.25) is 0 Å². The van der Waals surface area contributed by atoms with Gasteiger partial charge < -0.3 is 20.1 Å². The van der Waals surface area contributed by atoms with Gasteiger partial charge in [-0.1, -0.05) is 44.3 Å². The van der Waals surface area contributed by atoms with Crippen LogP contribution < -0.4 is 15.5 Å². The Hall–Kier alpha value is -2.78. The minimum Gasteiger partial charge on any atom is -0.442 e. The van der Waals surface area contributed by atoms with Crippen LogP contribution in [-0.2, 0) is 9.47 Å². The number of hydrogen-bond acceptors (Lipinski definition) is 5. The summed E-state index contributed by atoms with van der Waals surface area (Å²) in [7, 11) is 0. The number of nitrogens with one attached hydrogen (secondary N) is 2. The van der Waals surface area contributed by atoms with E-state index < -0.39 is 23.8 Å². The van der Waals surface area contributed by atoms with Crippen LogP contribution in [-0.4, -0.2) is 42.5 Å². The van der Waals surface area contributed by atoms with Gasteiger partial charge in [0.15, 0.2) is 11.6 Å². The van der Waals surface area contributed by atoms with Gasteiger partial charge in [-0.05, 0) is 24.5 Å². The Bertz CT molecular complexity index is 1010. The Labute approximate surface area is 190 Å². The third-order valence-corrected chi connectivity index (χ3v) is 5.62. The maximum atomic E-state index is 15.0. The molecule has 170 valence electrons. The SMILES string of the molecule is CC(=S)NC[C@H]1CN(c2cc(F)c(N/C3=C/C(C(C)C)=C\C=C/C4OC34)c(F)c2)C(=O)O1. The van der Waals surface area contributed by atoms with E-state index in [1.165, 1.54) is 4.90 Å². The molecule has 2 N–H and O–H groups in total. The number of anilines is 2. The van der Waals surface area contributed by atoms with E-state index in [0.717, 1.165) is 17.7 Å². The van der Waals surface area contributed by atoms with Crippen LogP contribution >= 0.6 is 12.2 Å². The normalized spacial score (nSPS) is 28.5. The third-order valence-electron chi connectivity index (χ3n) is 5.47. The highest BCUT2D eigenvalue weighted by Gasteiger charge is 2.41. The highest BCUT2D eigenvalue weighted by molar-refractivity contribution is 7.80. The summed E-state index contributed by atoms with van der Waals surface area (Å²) in [4.78, 5) is 14.0. The Balaban J connectivity index is 1.54. The van der Waals surface area contributed by atoms with Gasteiger partial charge in [-0.25, -0.2) is 13.6 Å². The first-order valence-corrected chi connectivity index (χ1v) is 10.9. The molecular formula is C23H25F2N3O3S. The van der Waals surface area contributed by atoms with Gasteiger partial charge in [-0.15, -0.1) is 0 Å². The molecule has 2 unspecified atom stereocenters. The van der Waals surface area contributed by atoms with Gasteiger partial charge in [0, 0.05) is 17.8 Å². The van der Waals surface area contributed by atoms with Crippen LogP contribution in [0.25, 0.3) is 0 Å². The summed E-state index contributed by atoms with van der Waals surface area (Å²) < 4.78 is 40.8. The minimum absolute atomic E-state index is 0.0926. The number of nitrogens with zero attached hydrogens (tertiary/aromatic N) is 1. The zero-order valence-electron chi connectivity index (χ0n) is 18.0. The molecule has 2 fully saturated rings. The van der Waals surface area contributed by atoms with E-state index in [4.69, 9.17) is 21.7 Å². The van der Waals surface area contributed by atoms with Crippen molar-refractivity contribution in [3.63, 3.8) is 0 Å². The number of rotatable bonds is 6. The van der Waals surface area contributed by atoms with Crippen molar-refractivity contribution in [3.05, 3.63) is 59.3 Å². The molecule has 4 rings (SSSR count). The largest absolute Gasteiger partial charge is 0.442 e. The molecule has 2 heterocycles. The highest BCUT2D eigenvalue weighted by Crippen LogP contribution is 2.36. The molecule has 0 spiro atoms. The van der Waals surface area contributed by atoms with Crippen LogP contribution in [0.1, 0.15) is 20.8 Å². The van der Waals surface area contributed by atoms with Gasteiger partial charge in [-0.2, -0.15) is 0 Å². The first kappa shape index (κ1) is 22.4. The second kappa shape index (κ2) is 8.99. The molecule has 1 aromatic rings. The fraction of sp³-hybridized carbons (Fsp3) is 0.391. The number of carbonyl (C=O) groups excluding carboxylic acids is 1. The summed E-state index contributed by atoms with van der Waals surface area (Å²) in [6.45, 7) is 6.30. The molecule has 1 amide bonds. The number of hydrogen-bond donors (Lipinski definition) is 2. The lowest BCUT2D eigenvalue weighted by atomic mass is 9.98. The average Bonchev–Trinajstić information content (AvgIpc) is 3.35.